The van der Waals surface area contributed by atoms with Crippen molar-refractivity contribution in [2.24, 2.45) is 11.8 Å². The van der Waals surface area contributed by atoms with Gasteiger partial charge in [0, 0.05) is 31.9 Å². The minimum atomic E-state index is -0.407. The Labute approximate surface area is 256 Å². The summed E-state index contributed by atoms with van der Waals surface area (Å²) < 4.78 is 26.0. The van der Waals surface area contributed by atoms with Crippen molar-refractivity contribution in [2.45, 2.75) is 63.8 Å². The van der Waals surface area contributed by atoms with Gasteiger partial charge in [-0.1, -0.05) is 12.1 Å². The molecule has 2 N–H and O–H groups in total. The first-order chi connectivity index (χ1) is 21.2. The number of nitrogens with zero attached hydrogens (tertiary/aromatic N) is 4. The molecule has 2 saturated heterocycles. The summed E-state index contributed by atoms with van der Waals surface area (Å²) in [7, 11) is 0. The van der Waals surface area contributed by atoms with E-state index >= 15 is 0 Å². The third kappa shape index (κ3) is 5.56. The maximum Gasteiger partial charge on any atom is 0.329 e. The number of anilines is 3. The zero-order valence-electron chi connectivity index (χ0n) is 25.0. The topological polar surface area (TPSA) is 109 Å². The van der Waals surface area contributed by atoms with Crippen molar-refractivity contribution in [1.29, 1.82) is 0 Å². The lowest BCUT2D eigenvalue weighted by Crippen LogP contribution is -2.53. The lowest BCUT2D eigenvalue weighted by Gasteiger charge is -2.53. The van der Waals surface area contributed by atoms with Gasteiger partial charge < -0.3 is 19.7 Å². The maximum atomic E-state index is 13.7. The van der Waals surface area contributed by atoms with Crippen molar-refractivity contribution in [2.75, 3.05) is 34.8 Å². The normalized spacial score (nSPS) is 24.5. The van der Waals surface area contributed by atoms with Crippen molar-refractivity contribution in [3.05, 3.63) is 71.8 Å². The highest BCUT2D eigenvalue weighted by Gasteiger charge is 2.48. The standard InChI is InChI=1S/C33H37FN6O4/c1-33(2)26-7-6-21(26)15-25(44-33)19-43-24-10-12-35-29(16-24)38-32(42)40-23-11-13-39(18-23)28-9-8-27(37-30(28)40)31(41)36-17-20-4-3-5-22(34)14-20/h3-5,8-10,12,14,16,21,23,25-26H,6-7,11,13,15,17-19H2,1-2H3,(H,36,41)(H,35,38,42)/t21?,23?,25-,26?/m1/s1. The van der Waals surface area contributed by atoms with E-state index in [1.54, 1.807) is 41.4 Å². The Balaban J connectivity index is 1.03. The highest BCUT2D eigenvalue weighted by molar-refractivity contribution is 6.05. The SMILES string of the molecule is CC1(C)O[C@@H](COc2ccnc(NC(=O)N3c4nc(C(=O)NCc5cccc(F)c5)ccc4N4CCC3C4)c2)CC2CCC21. The largest absolute Gasteiger partial charge is 0.491 e. The summed E-state index contributed by atoms with van der Waals surface area (Å²) in [5.41, 5.74) is 1.48. The molecule has 2 aromatic heterocycles. The van der Waals surface area contributed by atoms with Crippen LogP contribution in [0.4, 0.5) is 26.5 Å². The number of hydrogen-bond acceptors (Lipinski definition) is 7. The molecule has 3 unspecified atom stereocenters. The number of aromatic nitrogens is 2. The van der Waals surface area contributed by atoms with E-state index in [1.165, 1.54) is 25.0 Å². The summed E-state index contributed by atoms with van der Waals surface area (Å²) in [6.07, 6.45) is 5.92. The fourth-order valence-corrected chi connectivity index (χ4v) is 7.22. The van der Waals surface area contributed by atoms with Crippen LogP contribution in [0, 0.1) is 17.7 Å². The van der Waals surface area contributed by atoms with E-state index in [0.29, 0.717) is 47.9 Å². The second-order valence-corrected chi connectivity index (χ2v) is 12.8. The predicted molar refractivity (Wildman–Crippen MR) is 163 cm³/mol. The lowest BCUT2D eigenvalue weighted by atomic mass is 9.62. The molecular weight excluding hydrogens is 563 g/mol. The molecule has 3 aromatic rings. The number of carbonyl (C=O) groups is 2. The molecule has 10 nitrogen and oxygen atoms in total. The second kappa shape index (κ2) is 11.4. The highest BCUT2D eigenvalue weighted by atomic mass is 19.1. The van der Waals surface area contributed by atoms with Gasteiger partial charge in [0.15, 0.2) is 5.82 Å². The number of nitrogens with one attached hydrogen (secondary N) is 2. The van der Waals surface area contributed by atoms with Crippen molar-refractivity contribution in [3.8, 4) is 5.75 Å². The summed E-state index contributed by atoms with van der Waals surface area (Å²) in [4.78, 5) is 39.5. The van der Waals surface area contributed by atoms with Gasteiger partial charge in [0.1, 0.15) is 29.7 Å². The number of fused-ring (bicyclic) bond motifs is 5. The zero-order chi connectivity index (χ0) is 30.4. The Morgan fingerprint density at radius 1 is 1.14 bits per heavy atom. The fourth-order valence-electron chi connectivity index (χ4n) is 7.22. The van der Waals surface area contributed by atoms with Crippen LogP contribution in [0.15, 0.2) is 54.7 Å². The molecule has 3 amide bonds. The van der Waals surface area contributed by atoms with E-state index in [2.05, 4.69) is 39.3 Å². The van der Waals surface area contributed by atoms with Crippen molar-refractivity contribution >= 4 is 29.3 Å². The summed E-state index contributed by atoms with van der Waals surface area (Å²) in [5, 5.41) is 5.71. The third-order valence-corrected chi connectivity index (χ3v) is 9.49. The van der Waals surface area contributed by atoms with Crippen molar-refractivity contribution in [1.82, 2.24) is 15.3 Å². The molecule has 5 heterocycles. The molecule has 0 spiro atoms. The lowest BCUT2D eigenvalue weighted by molar-refractivity contribution is -0.200. The molecule has 1 aromatic carbocycles. The number of benzene rings is 1. The molecule has 3 fully saturated rings. The first kappa shape index (κ1) is 28.5. The fraction of sp³-hybridized carbons (Fsp3) is 0.455. The van der Waals surface area contributed by atoms with E-state index in [4.69, 9.17) is 9.47 Å². The summed E-state index contributed by atoms with van der Waals surface area (Å²) in [5.74, 6) is 1.95. The molecule has 0 radical (unpaired) electrons. The zero-order valence-corrected chi connectivity index (χ0v) is 25.0. The van der Waals surface area contributed by atoms with Gasteiger partial charge in [-0.25, -0.2) is 19.2 Å². The number of ether oxygens (including phenoxy) is 2. The van der Waals surface area contributed by atoms with Crippen LogP contribution in [0.1, 0.15) is 55.6 Å². The number of urea groups is 1. The molecule has 1 aliphatic carbocycles. The molecule has 2 bridgehead atoms. The van der Waals surface area contributed by atoms with Crippen LogP contribution in [0.25, 0.3) is 0 Å². The average Bonchev–Trinajstić information content (AvgIpc) is 3.39. The predicted octanol–water partition coefficient (Wildman–Crippen LogP) is 5.15. The van der Waals surface area contributed by atoms with Crippen LogP contribution in [0.5, 0.6) is 5.75 Å². The van der Waals surface area contributed by atoms with Gasteiger partial charge >= 0.3 is 6.03 Å². The summed E-state index contributed by atoms with van der Waals surface area (Å²) in [6, 6.07) is 12.6. The van der Waals surface area contributed by atoms with Crippen LogP contribution in [0.3, 0.4) is 0 Å². The average molecular weight is 601 g/mol. The number of rotatable bonds is 7. The number of halogens is 1. The molecule has 230 valence electrons. The van der Waals surface area contributed by atoms with E-state index in [9.17, 15) is 14.0 Å². The van der Waals surface area contributed by atoms with Gasteiger partial charge in [0.05, 0.1) is 23.4 Å². The van der Waals surface area contributed by atoms with Gasteiger partial charge in [-0.05, 0) is 87.3 Å². The van der Waals surface area contributed by atoms with Crippen LogP contribution < -0.4 is 25.2 Å². The second-order valence-electron chi connectivity index (χ2n) is 12.8. The Kier molecular flexibility index (Phi) is 7.36. The molecule has 4 aliphatic rings. The Morgan fingerprint density at radius 3 is 2.82 bits per heavy atom. The van der Waals surface area contributed by atoms with Gasteiger partial charge in [-0.2, -0.15) is 0 Å². The minimum Gasteiger partial charge on any atom is -0.491 e. The molecule has 3 aliphatic heterocycles. The monoisotopic (exact) mass is 600 g/mol. The number of amides is 3. The van der Waals surface area contributed by atoms with Crippen LogP contribution in [0.2, 0.25) is 0 Å². The Bertz CT molecular complexity index is 1580. The van der Waals surface area contributed by atoms with E-state index in [0.717, 1.165) is 25.1 Å². The minimum absolute atomic E-state index is 0.0271. The maximum absolute atomic E-state index is 13.7. The molecule has 11 heteroatoms. The molecule has 7 rings (SSSR count). The van der Waals surface area contributed by atoms with E-state index in [-0.39, 0.29) is 41.8 Å². The smallest absolute Gasteiger partial charge is 0.329 e. The number of hydrogen-bond donors (Lipinski definition) is 2. The molecule has 1 saturated carbocycles. The Hall–Kier alpha value is -4.25. The first-order valence-electron chi connectivity index (χ1n) is 15.4. The van der Waals surface area contributed by atoms with Crippen LogP contribution >= 0.6 is 0 Å². The van der Waals surface area contributed by atoms with E-state index < -0.39 is 5.91 Å². The third-order valence-electron chi connectivity index (χ3n) is 9.49. The summed E-state index contributed by atoms with van der Waals surface area (Å²) in [6.45, 7) is 6.42. The van der Waals surface area contributed by atoms with Crippen molar-refractivity contribution in [3.63, 3.8) is 0 Å². The number of carbonyl (C=O) groups excluding carboxylic acids is 2. The van der Waals surface area contributed by atoms with Crippen LogP contribution in [-0.2, 0) is 11.3 Å². The Morgan fingerprint density at radius 2 is 2.02 bits per heavy atom. The molecule has 4 atom stereocenters. The summed E-state index contributed by atoms with van der Waals surface area (Å²) >= 11 is 0. The van der Waals surface area contributed by atoms with Crippen molar-refractivity contribution < 1.29 is 23.5 Å². The molecular formula is C33H37FN6O4. The number of pyridine rings is 2. The first-order valence-corrected chi connectivity index (χ1v) is 15.4. The van der Waals surface area contributed by atoms with Gasteiger partial charge in [0.25, 0.3) is 5.91 Å². The van der Waals surface area contributed by atoms with Crippen LogP contribution in [-0.4, -0.2) is 59.3 Å². The highest BCUT2D eigenvalue weighted by Crippen LogP contribution is 2.50. The van der Waals surface area contributed by atoms with Gasteiger partial charge in [0.2, 0.25) is 0 Å². The molecule has 44 heavy (non-hydrogen) atoms. The van der Waals surface area contributed by atoms with Gasteiger partial charge in [-0.3, -0.25) is 15.0 Å². The van der Waals surface area contributed by atoms with E-state index in [1.807, 2.05) is 6.07 Å². The quantitative estimate of drug-likeness (QED) is 0.386. The van der Waals surface area contributed by atoms with Gasteiger partial charge in [-0.15, -0.1) is 0 Å².